The Balaban J connectivity index is 2.25. The van der Waals surface area contributed by atoms with Gasteiger partial charge in [-0.2, -0.15) is 13.2 Å². The normalized spacial score (nSPS) is 26.4. The van der Waals surface area contributed by atoms with Gasteiger partial charge < -0.3 is 15.4 Å². The number of carbonyl (C=O) groups excluding carboxylic acids is 1. The molecule has 17 heavy (non-hydrogen) atoms. The number of ether oxygens (including phenoxy) is 1. The number of hydrogen-bond donors (Lipinski definition) is 1. The molecule has 0 radical (unpaired) electrons. The SMILES string of the molecule is CC1CC(=O)N(CCOCC(F)(F)F)CC1N. The maximum Gasteiger partial charge on any atom is 0.411 e. The van der Waals surface area contributed by atoms with Crippen LogP contribution in [0.3, 0.4) is 0 Å². The van der Waals surface area contributed by atoms with Crippen LogP contribution < -0.4 is 5.73 Å². The third kappa shape index (κ3) is 4.91. The van der Waals surface area contributed by atoms with Gasteiger partial charge in [0.25, 0.3) is 0 Å². The van der Waals surface area contributed by atoms with E-state index in [0.717, 1.165) is 0 Å². The van der Waals surface area contributed by atoms with Crippen molar-refractivity contribution in [1.29, 1.82) is 0 Å². The van der Waals surface area contributed by atoms with Gasteiger partial charge in [0.05, 0.1) is 6.61 Å². The molecule has 100 valence electrons. The quantitative estimate of drug-likeness (QED) is 0.754. The molecule has 1 fully saturated rings. The summed E-state index contributed by atoms with van der Waals surface area (Å²) in [5.74, 6) is 0.0460. The van der Waals surface area contributed by atoms with E-state index >= 15 is 0 Å². The Morgan fingerprint density at radius 2 is 2.18 bits per heavy atom. The van der Waals surface area contributed by atoms with Gasteiger partial charge in [0, 0.05) is 25.6 Å². The van der Waals surface area contributed by atoms with E-state index in [1.54, 1.807) is 0 Å². The highest BCUT2D eigenvalue weighted by atomic mass is 19.4. The van der Waals surface area contributed by atoms with Gasteiger partial charge in [-0.15, -0.1) is 0 Å². The number of nitrogens with zero attached hydrogens (tertiary/aromatic N) is 1. The molecule has 2 N–H and O–H groups in total. The molecule has 2 unspecified atom stereocenters. The highest BCUT2D eigenvalue weighted by Gasteiger charge is 2.30. The molecular weight excluding hydrogens is 237 g/mol. The first-order valence-corrected chi connectivity index (χ1v) is 5.47. The Hall–Kier alpha value is -0.820. The third-order valence-electron chi connectivity index (χ3n) is 2.78. The van der Waals surface area contributed by atoms with Gasteiger partial charge in [0.15, 0.2) is 0 Å². The number of alkyl halides is 3. The monoisotopic (exact) mass is 254 g/mol. The van der Waals surface area contributed by atoms with Crippen molar-refractivity contribution in [3.63, 3.8) is 0 Å². The predicted octanol–water partition coefficient (Wildman–Crippen LogP) is 0.761. The predicted molar refractivity (Wildman–Crippen MR) is 55.2 cm³/mol. The summed E-state index contributed by atoms with van der Waals surface area (Å²) >= 11 is 0. The molecule has 1 amide bonds. The summed E-state index contributed by atoms with van der Waals surface area (Å²) in [6, 6.07) is -0.115. The zero-order valence-corrected chi connectivity index (χ0v) is 9.67. The maximum absolute atomic E-state index is 11.8. The number of nitrogens with two attached hydrogens (primary N) is 1. The average molecular weight is 254 g/mol. The van der Waals surface area contributed by atoms with Crippen molar-refractivity contribution in [3.05, 3.63) is 0 Å². The van der Waals surface area contributed by atoms with E-state index in [0.29, 0.717) is 13.0 Å². The summed E-state index contributed by atoms with van der Waals surface area (Å²) in [4.78, 5) is 13.0. The molecule has 1 aliphatic heterocycles. The molecule has 1 heterocycles. The molecule has 1 rings (SSSR count). The molecule has 4 nitrogen and oxygen atoms in total. The van der Waals surface area contributed by atoms with E-state index in [4.69, 9.17) is 5.73 Å². The van der Waals surface area contributed by atoms with Crippen LogP contribution in [-0.2, 0) is 9.53 Å². The van der Waals surface area contributed by atoms with Crippen LogP contribution in [0.5, 0.6) is 0 Å². The van der Waals surface area contributed by atoms with E-state index < -0.39 is 12.8 Å². The van der Waals surface area contributed by atoms with Crippen LogP contribution in [0, 0.1) is 5.92 Å². The van der Waals surface area contributed by atoms with Crippen LogP contribution in [0.1, 0.15) is 13.3 Å². The molecule has 1 aliphatic rings. The smallest absolute Gasteiger partial charge is 0.370 e. The highest BCUT2D eigenvalue weighted by molar-refractivity contribution is 5.77. The van der Waals surface area contributed by atoms with Crippen LogP contribution in [0.25, 0.3) is 0 Å². The first kappa shape index (κ1) is 14.2. The number of amides is 1. The van der Waals surface area contributed by atoms with Gasteiger partial charge in [-0.1, -0.05) is 6.92 Å². The standard InChI is InChI=1S/C10H17F3N2O2/c1-7-4-9(16)15(5-8(7)14)2-3-17-6-10(11,12)13/h7-8H,2-6,14H2,1H3. The second-order valence-corrected chi connectivity index (χ2v) is 4.35. The zero-order chi connectivity index (χ0) is 13.1. The van der Waals surface area contributed by atoms with Crippen molar-refractivity contribution < 1.29 is 22.7 Å². The van der Waals surface area contributed by atoms with E-state index in [1.165, 1.54) is 4.90 Å². The fraction of sp³-hybridized carbons (Fsp3) is 0.900. The lowest BCUT2D eigenvalue weighted by Gasteiger charge is -2.34. The largest absolute Gasteiger partial charge is 0.411 e. The number of carbonyl (C=O) groups is 1. The van der Waals surface area contributed by atoms with Crippen molar-refractivity contribution in [1.82, 2.24) is 4.90 Å². The third-order valence-corrected chi connectivity index (χ3v) is 2.78. The molecular formula is C10H17F3N2O2. The number of halogens is 3. The highest BCUT2D eigenvalue weighted by Crippen LogP contribution is 2.17. The molecule has 0 aromatic heterocycles. The fourth-order valence-electron chi connectivity index (χ4n) is 1.67. The van der Waals surface area contributed by atoms with E-state index in [2.05, 4.69) is 4.74 Å². The number of piperidine rings is 1. The van der Waals surface area contributed by atoms with Gasteiger partial charge in [-0.05, 0) is 5.92 Å². The van der Waals surface area contributed by atoms with Crippen molar-refractivity contribution in [2.45, 2.75) is 25.6 Å². The van der Waals surface area contributed by atoms with Crippen LogP contribution >= 0.6 is 0 Å². The van der Waals surface area contributed by atoms with Crippen molar-refractivity contribution in [3.8, 4) is 0 Å². The Kier molecular flexibility index (Phi) is 4.76. The first-order chi connectivity index (χ1) is 7.79. The Bertz CT molecular complexity index is 271. The number of rotatable bonds is 4. The first-order valence-electron chi connectivity index (χ1n) is 5.47. The van der Waals surface area contributed by atoms with Crippen LogP contribution in [0.4, 0.5) is 13.2 Å². The van der Waals surface area contributed by atoms with E-state index in [-0.39, 0.29) is 31.0 Å². The minimum absolute atomic E-state index is 0.0743. The van der Waals surface area contributed by atoms with Crippen LogP contribution in [0.15, 0.2) is 0 Å². The summed E-state index contributed by atoms with van der Waals surface area (Å²) in [6.07, 6.45) is -3.97. The summed E-state index contributed by atoms with van der Waals surface area (Å²) in [5.41, 5.74) is 5.79. The summed E-state index contributed by atoms with van der Waals surface area (Å²) in [7, 11) is 0. The second-order valence-electron chi connectivity index (χ2n) is 4.35. The Labute approximate surface area is 97.9 Å². The molecule has 0 aromatic carbocycles. The summed E-state index contributed by atoms with van der Waals surface area (Å²) in [5, 5.41) is 0. The Morgan fingerprint density at radius 3 is 2.76 bits per heavy atom. The average Bonchev–Trinajstić information content (AvgIpc) is 2.18. The Morgan fingerprint density at radius 1 is 1.53 bits per heavy atom. The van der Waals surface area contributed by atoms with E-state index in [1.807, 2.05) is 6.92 Å². The molecule has 0 aliphatic carbocycles. The van der Waals surface area contributed by atoms with Gasteiger partial charge in [0.2, 0.25) is 5.91 Å². The number of likely N-dealkylation sites (tertiary alicyclic amines) is 1. The molecule has 2 atom stereocenters. The molecule has 0 bridgehead atoms. The minimum atomic E-state index is -4.32. The molecule has 1 saturated heterocycles. The topological polar surface area (TPSA) is 55.6 Å². The molecule has 0 aromatic rings. The van der Waals surface area contributed by atoms with Gasteiger partial charge in [-0.3, -0.25) is 4.79 Å². The lowest BCUT2D eigenvalue weighted by molar-refractivity contribution is -0.175. The zero-order valence-electron chi connectivity index (χ0n) is 9.67. The van der Waals surface area contributed by atoms with Crippen LogP contribution in [0.2, 0.25) is 0 Å². The lowest BCUT2D eigenvalue weighted by atomic mass is 9.94. The molecule has 0 saturated carbocycles. The van der Waals surface area contributed by atoms with Gasteiger partial charge >= 0.3 is 6.18 Å². The van der Waals surface area contributed by atoms with Crippen molar-refractivity contribution >= 4 is 5.91 Å². The van der Waals surface area contributed by atoms with Gasteiger partial charge in [0.1, 0.15) is 6.61 Å². The summed E-state index contributed by atoms with van der Waals surface area (Å²) < 4.78 is 39.8. The van der Waals surface area contributed by atoms with Gasteiger partial charge in [-0.25, -0.2) is 0 Å². The number of hydrogen-bond acceptors (Lipinski definition) is 3. The van der Waals surface area contributed by atoms with Crippen molar-refractivity contribution in [2.24, 2.45) is 11.7 Å². The minimum Gasteiger partial charge on any atom is -0.370 e. The lowest BCUT2D eigenvalue weighted by Crippen LogP contribution is -2.51. The summed E-state index contributed by atoms with van der Waals surface area (Å²) in [6.45, 7) is 1.04. The van der Waals surface area contributed by atoms with Crippen LogP contribution in [-0.4, -0.2) is 49.3 Å². The molecule has 0 spiro atoms. The molecule has 7 heteroatoms. The maximum atomic E-state index is 11.8. The fourth-order valence-corrected chi connectivity index (χ4v) is 1.67. The van der Waals surface area contributed by atoms with Crippen molar-refractivity contribution in [2.75, 3.05) is 26.3 Å². The second kappa shape index (κ2) is 5.68. The van der Waals surface area contributed by atoms with E-state index in [9.17, 15) is 18.0 Å².